The maximum absolute atomic E-state index is 13.2. The first kappa shape index (κ1) is 22.9. The third kappa shape index (κ3) is 6.61. The average molecular weight is 447 g/mol. The Balaban J connectivity index is 1.31. The predicted octanol–water partition coefficient (Wildman–Crippen LogP) is 1.90. The van der Waals surface area contributed by atoms with Crippen LogP contribution >= 0.6 is 11.3 Å². The Kier molecular flexibility index (Phi) is 8.16. The molecule has 1 aromatic heterocycles. The number of aromatic nitrogens is 1. The molecule has 0 unspecified atom stereocenters. The lowest BCUT2D eigenvalue weighted by molar-refractivity contribution is -0.122. The zero-order valence-corrected chi connectivity index (χ0v) is 18.2. The van der Waals surface area contributed by atoms with Crippen LogP contribution < -0.4 is 20.8 Å². The van der Waals surface area contributed by atoms with Gasteiger partial charge in [0.1, 0.15) is 17.1 Å². The summed E-state index contributed by atoms with van der Waals surface area (Å²) in [5.41, 5.74) is 2.34. The number of fused-ring (bicyclic) bond motifs is 1. The van der Waals surface area contributed by atoms with Gasteiger partial charge in [-0.05, 0) is 55.6 Å². The monoisotopic (exact) mass is 446 g/mol. The fourth-order valence-electron chi connectivity index (χ4n) is 3.26. The Morgan fingerprint density at radius 1 is 1.16 bits per heavy atom. The maximum atomic E-state index is 13.2. The number of nitrogens with one attached hydrogen (secondary N) is 4. The molecule has 3 rings (SSSR count). The van der Waals surface area contributed by atoms with E-state index in [1.165, 1.54) is 12.1 Å². The molecule has 1 amide bonds. The first-order valence-electron chi connectivity index (χ1n) is 10.2. The van der Waals surface area contributed by atoms with Gasteiger partial charge in [-0.15, -0.1) is 0 Å². The number of hydrogen-bond donors (Lipinski definition) is 5. The number of hydrogen-bond acceptors (Lipinski definition) is 6. The van der Waals surface area contributed by atoms with Crippen LogP contribution in [0.3, 0.4) is 0 Å². The lowest BCUT2D eigenvalue weighted by Crippen LogP contribution is -2.44. The fraction of sp³-hybridized carbons (Fsp3) is 0.364. The summed E-state index contributed by atoms with van der Waals surface area (Å²) in [6.07, 6.45) is 1.30. The topological polar surface area (TPSA) is 106 Å². The number of phenolic OH excluding ortho intramolecular Hbond substituents is 1. The second kappa shape index (κ2) is 11.0. The number of benzene rings is 2. The number of amides is 1. The Morgan fingerprint density at radius 2 is 2.00 bits per heavy atom. The standard InChI is InChI=1S/C22H27FN4O3S/c1-14(21(29)26-10-7-15-3-2-4-17(23)13-15)25-12-11-24-9-8-16-5-6-18(28)19-20(16)31-22(30)27-19/h2-6,13-14,24-25,28H,7-12H2,1H3,(H,26,29)(H,27,30)/t14-/m0/s1. The highest BCUT2D eigenvalue weighted by Crippen LogP contribution is 2.27. The highest BCUT2D eigenvalue weighted by atomic mass is 32.1. The van der Waals surface area contributed by atoms with E-state index < -0.39 is 0 Å². The highest BCUT2D eigenvalue weighted by Gasteiger charge is 2.11. The van der Waals surface area contributed by atoms with Gasteiger partial charge in [0.15, 0.2) is 0 Å². The summed E-state index contributed by atoms with van der Waals surface area (Å²) in [6, 6.07) is 9.46. The zero-order valence-electron chi connectivity index (χ0n) is 17.3. The van der Waals surface area contributed by atoms with Crippen LogP contribution in [0.5, 0.6) is 5.75 Å². The summed E-state index contributed by atoms with van der Waals surface area (Å²) in [5, 5.41) is 19.2. The summed E-state index contributed by atoms with van der Waals surface area (Å²) < 4.78 is 14.0. The van der Waals surface area contributed by atoms with Gasteiger partial charge in [0.25, 0.3) is 0 Å². The smallest absolute Gasteiger partial charge is 0.305 e. The molecule has 0 saturated heterocycles. The van der Waals surface area contributed by atoms with E-state index in [0.29, 0.717) is 38.1 Å². The van der Waals surface area contributed by atoms with Crippen molar-refractivity contribution in [2.24, 2.45) is 0 Å². The van der Waals surface area contributed by atoms with Gasteiger partial charge in [0.05, 0.1) is 10.7 Å². The van der Waals surface area contributed by atoms with Crippen LogP contribution in [0.25, 0.3) is 10.2 Å². The van der Waals surface area contributed by atoms with Gasteiger partial charge in [0, 0.05) is 19.6 Å². The molecule has 1 atom stereocenters. The molecule has 1 heterocycles. The zero-order chi connectivity index (χ0) is 22.2. The molecule has 0 aliphatic heterocycles. The normalized spacial score (nSPS) is 12.2. The SMILES string of the molecule is C[C@H](NCCNCCc1ccc(O)c2[nH]c(=O)sc12)C(=O)NCCc1cccc(F)c1. The molecule has 3 aromatic rings. The molecular weight excluding hydrogens is 419 g/mol. The van der Waals surface area contributed by atoms with Crippen molar-refractivity contribution in [3.05, 3.63) is 63.0 Å². The summed E-state index contributed by atoms with van der Waals surface area (Å²) in [5.74, 6) is -0.284. The van der Waals surface area contributed by atoms with Crippen molar-refractivity contribution in [1.82, 2.24) is 20.9 Å². The quantitative estimate of drug-likeness (QED) is 0.289. The van der Waals surface area contributed by atoms with Crippen molar-refractivity contribution >= 4 is 27.5 Å². The molecule has 0 aliphatic rings. The second-order valence-corrected chi connectivity index (χ2v) is 8.29. The summed E-state index contributed by atoms with van der Waals surface area (Å²) in [6.45, 7) is 4.28. The number of aromatic hydroxyl groups is 1. The van der Waals surface area contributed by atoms with Gasteiger partial charge in [0.2, 0.25) is 5.91 Å². The van der Waals surface area contributed by atoms with Gasteiger partial charge < -0.3 is 26.0 Å². The molecule has 7 nitrogen and oxygen atoms in total. The van der Waals surface area contributed by atoms with E-state index in [9.17, 15) is 19.1 Å². The van der Waals surface area contributed by atoms with Crippen LogP contribution in [0.2, 0.25) is 0 Å². The minimum Gasteiger partial charge on any atom is -0.506 e. The van der Waals surface area contributed by atoms with Gasteiger partial charge in [-0.3, -0.25) is 9.59 Å². The molecule has 2 aromatic carbocycles. The Hall–Kier alpha value is -2.75. The molecule has 0 bridgehead atoms. The lowest BCUT2D eigenvalue weighted by atomic mass is 10.1. The van der Waals surface area contributed by atoms with Gasteiger partial charge in [-0.25, -0.2) is 4.39 Å². The Labute approximate surface area is 183 Å². The van der Waals surface area contributed by atoms with E-state index in [1.54, 1.807) is 19.1 Å². The van der Waals surface area contributed by atoms with Crippen LogP contribution in [-0.2, 0) is 17.6 Å². The molecule has 0 aliphatic carbocycles. The van der Waals surface area contributed by atoms with Crippen molar-refractivity contribution in [1.29, 1.82) is 0 Å². The van der Waals surface area contributed by atoms with Gasteiger partial charge >= 0.3 is 4.87 Å². The van der Waals surface area contributed by atoms with Crippen molar-refractivity contribution in [3.63, 3.8) is 0 Å². The lowest BCUT2D eigenvalue weighted by Gasteiger charge is -2.14. The van der Waals surface area contributed by atoms with Gasteiger partial charge in [-0.1, -0.05) is 29.5 Å². The molecule has 0 spiro atoms. The Bertz CT molecular complexity index is 1080. The molecule has 9 heteroatoms. The molecular formula is C22H27FN4O3S. The fourth-order valence-corrected chi connectivity index (χ4v) is 4.16. The Morgan fingerprint density at radius 3 is 2.81 bits per heavy atom. The third-order valence-electron chi connectivity index (χ3n) is 4.96. The average Bonchev–Trinajstić information content (AvgIpc) is 3.14. The minimum absolute atomic E-state index is 0.0810. The number of carbonyl (C=O) groups excluding carboxylic acids is 1. The van der Waals surface area contributed by atoms with Gasteiger partial charge in [-0.2, -0.15) is 0 Å². The van der Waals surface area contributed by atoms with Crippen molar-refractivity contribution in [3.8, 4) is 5.75 Å². The number of H-pyrrole nitrogens is 1. The number of phenols is 1. The van der Waals surface area contributed by atoms with E-state index >= 15 is 0 Å². The molecule has 0 saturated carbocycles. The number of halogens is 1. The number of carbonyl (C=O) groups is 1. The molecule has 166 valence electrons. The summed E-state index contributed by atoms with van der Waals surface area (Å²) >= 11 is 1.10. The molecule has 0 radical (unpaired) electrons. The molecule has 5 N–H and O–H groups in total. The number of aromatic amines is 1. The molecule has 31 heavy (non-hydrogen) atoms. The summed E-state index contributed by atoms with van der Waals surface area (Å²) in [4.78, 5) is 26.2. The summed E-state index contributed by atoms with van der Waals surface area (Å²) in [7, 11) is 0. The highest BCUT2D eigenvalue weighted by molar-refractivity contribution is 7.16. The predicted molar refractivity (Wildman–Crippen MR) is 121 cm³/mol. The third-order valence-corrected chi connectivity index (χ3v) is 5.92. The molecule has 0 fully saturated rings. The first-order chi connectivity index (χ1) is 14.9. The van der Waals surface area contributed by atoms with E-state index in [2.05, 4.69) is 20.9 Å². The van der Waals surface area contributed by atoms with Crippen LogP contribution in [0.1, 0.15) is 18.1 Å². The van der Waals surface area contributed by atoms with Crippen LogP contribution in [0.15, 0.2) is 41.2 Å². The van der Waals surface area contributed by atoms with Crippen LogP contribution in [-0.4, -0.2) is 48.2 Å². The maximum Gasteiger partial charge on any atom is 0.305 e. The van der Waals surface area contributed by atoms with Crippen molar-refractivity contribution in [2.75, 3.05) is 26.2 Å². The van der Waals surface area contributed by atoms with E-state index in [-0.39, 0.29) is 28.4 Å². The number of rotatable bonds is 11. The van der Waals surface area contributed by atoms with E-state index in [0.717, 1.165) is 33.6 Å². The first-order valence-corrected chi connectivity index (χ1v) is 11.1. The van der Waals surface area contributed by atoms with Crippen molar-refractivity contribution < 1.29 is 14.3 Å². The second-order valence-electron chi connectivity index (χ2n) is 7.31. The van der Waals surface area contributed by atoms with E-state index in [4.69, 9.17) is 0 Å². The number of thiazole rings is 1. The largest absolute Gasteiger partial charge is 0.506 e. The van der Waals surface area contributed by atoms with Crippen LogP contribution in [0, 0.1) is 5.82 Å². The van der Waals surface area contributed by atoms with Crippen LogP contribution in [0.4, 0.5) is 4.39 Å². The minimum atomic E-state index is -0.330. The van der Waals surface area contributed by atoms with E-state index in [1.807, 2.05) is 12.1 Å². The van der Waals surface area contributed by atoms with Crippen molar-refractivity contribution in [2.45, 2.75) is 25.8 Å².